The predicted octanol–water partition coefficient (Wildman–Crippen LogP) is 0.248. The van der Waals surface area contributed by atoms with E-state index in [9.17, 15) is 4.79 Å². The van der Waals surface area contributed by atoms with Crippen molar-refractivity contribution in [2.45, 2.75) is 39.3 Å². The van der Waals surface area contributed by atoms with Crippen LogP contribution in [0.1, 0.15) is 27.7 Å². The fraction of sp³-hybridized carbons (Fsp3) is 0.857. The van der Waals surface area contributed by atoms with Crippen LogP contribution in [-0.4, -0.2) is 17.5 Å². The van der Waals surface area contributed by atoms with Crippen molar-refractivity contribution in [2.75, 3.05) is 0 Å². The standard InChI is InChI=1S/C7H16N2O/c1-5(6(8)10)9-7(2,3)4/h5,9H,1-4H3,(H2,8,10)/t5-/m1/s1. The Balaban J connectivity index is 3.80. The predicted molar refractivity (Wildman–Crippen MR) is 41.5 cm³/mol. The highest BCUT2D eigenvalue weighted by Crippen LogP contribution is 1.99. The maximum Gasteiger partial charge on any atom is 0.234 e. The number of carbonyl (C=O) groups excluding carboxylic acids is 1. The molecule has 1 amide bonds. The number of rotatable bonds is 2. The first kappa shape index (κ1) is 9.43. The van der Waals surface area contributed by atoms with Gasteiger partial charge >= 0.3 is 0 Å². The first-order valence-electron chi connectivity index (χ1n) is 3.40. The zero-order valence-electron chi connectivity index (χ0n) is 7.06. The van der Waals surface area contributed by atoms with Crippen LogP contribution in [-0.2, 0) is 4.79 Å². The fourth-order valence-electron chi connectivity index (χ4n) is 0.721. The van der Waals surface area contributed by atoms with Crippen LogP contribution in [0.15, 0.2) is 0 Å². The van der Waals surface area contributed by atoms with Crippen molar-refractivity contribution in [1.82, 2.24) is 5.32 Å². The summed E-state index contributed by atoms with van der Waals surface area (Å²) in [6.45, 7) is 7.74. The van der Waals surface area contributed by atoms with Crippen molar-refractivity contribution in [3.05, 3.63) is 0 Å². The molecule has 0 saturated carbocycles. The monoisotopic (exact) mass is 144 g/mol. The summed E-state index contributed by atoms with van der Waals surface area (Å²) in [6, 6.07) is -0.250. The summed E-state index contributed by atoms with van der Waals surface area (Å²) < 4.78 is 0. The number of primary amides is 1. The van der Waals surface area contributed by atoms with Gasteiger partial charge in [-0.1, -0.05) is 0 Å². The second-order valence-electron chi connectivity index (χ2n) is 3.52. The van der Waals surface area contributed by atoms with E-state index in [0.29, 0.717) is 0 Å². The van der Waals surface area contributed by atoms with Crippen LogP contribution in [0.4, 0.5) is 0 Å². The molecule has 3 N–H and O–H groups in total. The molecule has 0 aromatic rings. The van der Waals surface area contributed by atoms with E-state index in [1.54, 1.807) is 6.92 Å². The van der Waals surface area contributed by atoms with Crippen molar-refractivity contribution < 1.29 is 4.79 Å². The smallest absolute Gasteiger partial charge is 0.234 e. The number of amides is 1. The van der Waals surface area contributed by atoms with Crippen molar-refractivity contribution in [3.63, 3.8) is 0 Å². The minimum Gasteiger partial charge on any atom is -0.368 e. The molecule has 0 aromatic heterocycles. The number of carbonyl (C=O) groups is 1. The van der Waals surface area contributed by atoms with Crippen molar-refractivity contribution >= 4 is 5.91 Å². The first-order valence-corrected chi connectivity index (χ1v) is 3.40. The molecule has 0 bridgehead atoms. The zero-order chi connectivity index (χ0) is 8.36. The Labute approximate surface area is 62.0 Å². The van der Waals surface area contributed by atoms with Crippen LogP contribution < -0.4 is 11.1 Å². The lowest BCUT2D eigenvalue weighted by Crippen LogP contribution is -2.48. The van der Waals surface area contributed by atoms with E-state index in [1.807, 2.05) is 20.8 Å². The Kier molecular flexibility index (Phi) is 2.84. The van der Waals surface area contributed by atoms with Crippen molar-refractivity contribution in [2.24, 2.45) is 5.73 Å². The molecule has 1 atom stereocenters. The highest BCUT2D eigenvalue weighted by atomic mass is 16.1. The van der Waals surface area contributed by atoms with Gasteiger partial charge in [-0.05, 0) is 27.7 Å². The van der Waals surface area contributed by atoms with Gasteiger partial charge in [0.1, 0.15) is 0 Å². The molecule has 3 nitrogen and oxygen atoms in total. The quantitative estimate of drug-likeness (QED) is 0.583. The van der Waals surface area contributed by atoms with Crippen molar-refractivity contribution in [3.8, 4) is 0 Å². The van der Waals surface area contributed by atoms with Gasteiger partial charge in [-0.15, -0.1) is 0 Å². The number of hydrogen-bond acceptors (Lipinski definition) is 2. The van der Waals surface area contributed by atoms with Gasteiger partial charge in [-0.25, -0.2) is 0 Å². The van der Waals surface area contributed by atoms with Gasteiger partial charge in [0.25, 0.3) is 0 Å². The summed E-state index contributed by atoms with van der Waals surface area (Å²) in [5, 5.41) is 3.04. The van der Waals surface area contributed by atoms with Crippen LogP contribution in [0.3, 0.4) is 0 Å². The highest BCUT2D eigenvalue weighted by Gasteiger charge is 2.16. The van der Waals surface area contributed by atoms with E-state index in [-0.39, 0.29) is 17.5 Å². The van der Waals surface area contributed by atoms with Crippen LogP contribution >= 0.6 is 0 Å². The minimum atomic E-state index is -0.310. The topological polar surface area (TPSA) is 55.1 Å². The average Bonchev–Trinajstić information content (AvgIpc) is 1.60. The Morgan fingerprint density at radius 2 is 1.90 bits per heavy atom. The Morgan fingerprint density at radius 1 is 1.50 bits per heavy atom. The number of nitrogens with two attached hydrogens (primary N) is 1. The zero-order valence-corrected chi connectivity index (χ0v) is 7.06. The van der Waals surface area contributed by atoms with Gasteiger partial charge in [-0.3, -0.25) is 4.79 Å². The fourth-order valence-corrected chi connectivity index (χ4v) is 0.721. The second kappa shape index (κ2) is 3.01. The van der Waals surface area contributed by atoms with Gasteiger partial charge in [0, 0.05) is 5.54 Å². The lowest BCUT2D eigenvalue weighted by Gasteiger charge is -2.23. The van der Waals surface area contributed by atoms with E-state index < -0.39 is 0 Å². The Bertz CT molecular complexity index is 126. The van der Waals surface area contributed by atoms with Gasteiger partial charge in [0.05, 0.1) is 6.04 Å². The molecule has 60 valence electrons. The molecular weight excluding hydrogens is 128 g/mol. The molecule has 0 unspecified atom stereocenters. The van der Waals surface area contributed by atoms with Gasteiger partial charge < -0.3 is 11.1 Å². The molecule has 0 radical (unpaired) electrons. The largest absolute Gasteiger partial charge is 0.368 e. The molecule has 3 heteroatoms. The first-order chi connectivity index (χ1) is 4.33. The van der Waals surface area contributed by atoms with Gasteiger partial charge in [0.15, 0.2) is 0 Å². The number of nitrogens with one attached hydrogen (secondary N) is 1. The average molecular weight is 144 g/mol. The molecule has 0 saturated heterocycles. The van der Waals surface area contributed by atoms with Crippen LogP contribution in [0, 0.1) is 0 Å². The third-order valence-corrected chi connectivity index (χ3v) is 1.08. The van der Waals surface area contributed by atoms with Gasteiger partial charge in [0.2, 0.25) is 5.91 Å². The molecule has 0 fully saturated rings. The molecule has 0 rings (SSSR count). The Morgan fingerprint density at radius 3 is 2.00 bits per heavy atom. The van der Waals surface area contributed by atoms with Gasteiger partial charge in [-0.2, -0.15) is 0 Å². The molecule has 0 aromatic carbocycles. The molecule has 10 heavy (non-hydrogen) atoms. The Hall–Kier alpha value is -0.570. The van der Waals surface area contributed by atoms with E-state index in [1.165, 1.54) is 0 Å². The molecule has 0 aliphatic carbocycles. The highest BCUT2D eigenvalue weighted by molar-refractivity contribution is 5.79. The maximum atomic E-state index is 10.5. The lowest BCUT2D eigenvalue weighted by molar-refractivity contribution is -0.120. The lowest BCUT2D eigenvalue weighted by atomic mass is 10.1. The summed E-state index contributed by atoms with van der Waals surface area (Å²) in [7, 11) is 0. The molecule has 0 spiro atoms. The van der Waals surface area contributed by atoms with Crippen LogP contribution in [0.5, 0.6) is 0 Å². The normalized spacial score (nSPS) is 14.8. The van der Waals surface area contributed by atoms with E-state index in [2.05, 4.69) is 5.32 Å². The summed E-state index contributed by atoms with van der Waals surface area (Å²) in [4.78, 5) is 10.5. The molecule has 0 heterocycles. The molecule has 0 aliphatic rings. The summed E-state index contributed by atoms with van der Waals surface area (Å²) >= 11 is 0. The van der Waals surface area contributed by atoms with Crippen LogP contribution in [0.25, 0.3) is 0 Å². The van der Waals surface area contributed by atoms with E-state index in [0.717, 1.165) is 0 Å². The van der Waals surface area contributed by atoms with Crippen molar-refractivity contribution in [1.29, 1.82) is 0 Å². The third kappa shape index (κ3) is 4.32. The third-order valence-electron chi connectivity index (χ3n) is 1.08. The van der Waals surface area contributed by atoms with E-state index >= 15 is 0 Å². The van der Waals surface area contributed by atoms with E-state index in [4.69, 9.17) is 5.73 Å². The summed E-state index contributed by atoms with van der Waals surface area (Å²) in [6.07, 6.45) is 0. The summed E-state index contributed by atoms with van der Waals surface area (Å²) in [5.74, 6) is -0.310. The minimum absolute atomic E-state index is 0.0472. The molecular formula is C7H16N2O. The molecule has 0 aliphatic heterocycles. The summed E-state index contributed by atoms with van der Waals surface area (Å²) in [5.41, 5.74) is 4.99. The van der Waals surface area contributed by atoms with Crippen LogP contribution in [0.2, 0.25) is 0 Å². The second-order valence-corrected chi connectivity index (χ2v) is 3.52. The SMILES string of the molecule is C[C@@H](NC(C)(C)C)C(N)=O. The maximum absolute atomic E-state index is 10.5. The number of hydrogen-bond donors (Lipinski definition) is 2.